The molecule has 0 amide bonds. The minimum atomic E-state index is -1.12. The van der Waals surface area contributed by atoms with E-state index in [4.69, 9.17) is 9.47 Å². The highest BCUT2D eigenvalue weighted by Gasteiger charge is 2.45. The third-order valence-corrected chi connectivity index (χ3v) is 5.76. The maximum absolute atomic E-state index is 11.2. The molecule has 2 N–H and O–H groups in total. The van der Waals surface area contributed by atoms with Gasteiger partial charge in [-0.1, -0.05) is 30.3 Å². The largest absolute Gasteiger partial charge is 0.481 e. The monoisotopic (exact) mass is 435 g/mol. The molecule has 0 saturated heterocycles. The van der Waals surface area contributed by atoms with E-state index >= 15 is 0 Å². The molecule has 1 spiro atoms. The van der Waals surface area contributed by atoms with Gasteiger partial charge in [-0.2, -0.15) is 0 Å². The van der Waals surface area contributed by atoms with Crippen molar-refractivity contribution >= 4 is 29.8 Å². The lowest BCUT2D eigenvalue weighted by molar-refractivity contribution is -0.137. The number of hydrogen-bond donors (Lipinski definition) is 2. The van der Waals surface area contributed by atoms with Crippen LogP contribution in [0.15, 0.2) is 53.6 Å². The highest BCUT2D eigenvalue weighted by atomic mass is 16.7. The molecule has 2 aliphatic rings. The third kappa shape index (κ3) is 3.93. The molecule has 7 heteroatoms. The molecule has 166 valence electrons. The van der Waals surface area contributed by atoms with E-state index in [9.17, 15) is 19.8 Å². The Morgan fingerprint density at radius 2 is 1.44 bits per heavy atom. The van der Waals surface area contributed by atoms with Crippen LogP contribution in [0.1, 0.15) is 37.8 Å². The molecular weight excluding hydrogens is 410 g/mol. The first-order valence-electron chi connectivity index (χ1n) is 10.5. The minimum Gasteiger partial charge on any atom is -0.481 e. The van der Waals surface area contributed by atoms with Crippen molar-refractivity contribution in [3.05, 3.63) is 64.7 Å². The highest BCUT2D eigenvalue weighted by molar-refractivity contribution is 5.77. The molecule has 1 atom stereocenters. The van der Waals surface area contributed by atoms with E-state index in [-0.39, 0.29) is 25.9 Å². The molecule has 0 aromatic heterocycles. The Balaban J connectivity index is 1.75. The fourth-order valence-corrected chi connectivity index (χ4v) is 4.13. The van der Waals surface area contributed by atoms with E-state index in [0.29, 0.717) is 17.2 Å². The first kappa shape index (κ1) is 21.5. The number of nitrogens with zero attached hydrogens (tertiary/aromatic N) is 1. The van der Waals surface area contributed by atoms with Crippen LogP contribution in [0.3, 0.4) is 0 Å². The summed E-state index contributed by atoms with van der Waals surface area (Å²) in [5.74, 6) is -1.77. The molecule has 0 saturated carbocycles. The summed E-state index contributed by atoms with van der Waals surface area (Å²) in [6.07, 6.45) is 3.80. The van der Waals surface area contributed by atoms with E-state index in [2.05, 4.69) is 0 Å². The van der Waals surface area contributed by atoms with Gasteiger partial charge < -0.3 is 24.6 Å². The quantitative estimate of drug-likeness (QED) is 0.664. The summed E-state index contributed by atoms with van der Waals surface area (Å²) < 4.78 is 13.0. The molecule has 2 aromatic rings. The first-order chi connectivity index (χ1) is 15.3. The van der Waals surface area contributed by atoms with Crippen LogP contribution in [0.5, 0.6) is 11.5 Å². The molecule has 7 nitrogen and oxygen atoms in total. The molecule has 0 bridgehead atoms. The van der Waals surface area contributed by atoms with Gasteiger partial charge in [0.1, 0.15) is 5.75 Å². The molecule has 0 radical (unpaired) electrons. The van der Waals surface area contributed by atoms with E-state index in [1.54, 1.807) is 4.90 Å². The van der Waals surface area contributed by atoms with Gasteiger partial charge in [-0.25, -0.2) is 0 Å². The van der Waals surface area contributed by atoms with Crippen molar-refractivity contribution in [1.82, 2.24) is 0 Å². The number of carboxylic acids is 2. The van der Waals surface area contributed by atoms with Gasteiger partial charge in [0.15, 0.2) is 5.75 Å². The maximum Gasteiger partial charge on any atom is 0.305 e. The van der Waals surface area contributed by atoms with Crippen LogP contribution < -0.4 is 14.4 Å². The number of benzene rings is 2. The predicted molar refractivity (Wildman–Crippen MR) is 121 cm³/mol. The van der Waals surface area contributed by atoms with Gasteiger partial charge in [-0.05, 0) is 38.1 Å². The molecule has 2 heterocycles. The molecule has 1 unspecified atom stereocenters. The molecule has 2 aliphatic heterocycles. The normalized spacial score (nSPS) is 18.4. The predicted octanol–water partition coefficient (Wildman–Crippen LogP) is 4.43. The number of carbonyl (C=O) groups is 2. The van der Waals surface area contributed by atoms with E-state index in [0.717, 1.165) is 22.3 Å². The Kier molecular flexibility index (Phi) is 5.65. The van der Waals surface area contributed by atoms with Crippen molar-refractivity contribution in [3.8, 4) is 11.5 Å². The van der Waals surface area contributed by atoms with Crippen molar-refractivity contribution in [1.29, 1.82) is 0 Å². The summed E-state index contributed by atoms with van der Waals surface area (Å²) in [6, 6.07) is 13.3. The maximum atomic E-state index is 11.2. The van der Waals surface area contributed by atoms with Crippen LogP contribution in [0.25, 0.3) is 12.2 Å². The summed E-state index contributed by atoms with van der Waals surface area (Å²) in [4.78, 5) is 24.1. The van der Waals surface area contributed by atoms with Crippen LogP contribution in [-0.2, 0) is 9.59 Å². The van der Waals surface area contributed by atoms with E-state index in [1.165, 1.54) is 0 Å². The fourth-order valence-electron chi connectivity index (χ4n) is 4.13. The minimum absolute atomic E-state index is 0.119. The average molecular weight is 435 g/mol. The van der Waals surface area contributed by atoms with Crippen LogP contribution in [0.2, 0.25) is 0 Å². The Morgan fingerprint density at radius 3 is 2.09 bits per heavy atom. The number of para-hydroxylation sites is 2. The smallest absolute Gasteiger partial charge is 0.305 e. The van der Waals surface area contributed by atoms with Gasteiger partial charge in [-0.3, -0.25) is 9.59 Å². The van der Waals surface area contributed by atoms with Gasteiger partial charge in [0.05, 0.1) is 18.5 Å². The van der Waals surface area contributed by atoms with E-state index in [1.807, 2.05) is 68.5 Å². The second-order valence-electron chi connectivity index (χ2n) is 7.98. The average Bonchev–Trinajstić information content (AvgIpc) is 2.75. The zero-order valence-corrected chi connectivity index (χ0v) is 18.0. The Morgan fingerprint density at radius 1 is 0.844 bits per heavy atom. The molecule has 0 fully saturated rings. The van der Waals surface area contributed by atoms with Crippen LogP contribution >= 0.6 is 0 Å². The van der Waals surface area contributed by atoms with Crippen molar-refractivity contribution in [3.63, 3.8) is 0 Å². The van der Waals surface area contributed by atoms with Crippen molar-refractivity contribution in [2.45, 2.75) is 32.5 Å². The Hall–Kier alpha value is -3.74. The zero-order valence-electron chi connectivity index (χ0n) is 18.0. The second kappa shape index (κ2) is 8.42. The lowest BCUT2D eigenvalue weighted by atomic mass is 9.90. The number of ether oxygens (including phenoxy) is 2. The van der Waals surface area contributed by atoms with Gasteiger partial charge >= 0.3 is 11.9 Å². The summed E-state index contributed by atoms with van der Waals surface area (Å²) in [5.41, 5.74) is 4.21. The lowest BCUT2D eigenvalue weighted by Gasteiger charge is -2.42. The van der Waals surface area contributed by atoms with Crippen molar-refractivity contribution < 1.29 is 29.3 Å². The summed E-state index contributed by atoms with van der Waals surface area (Å²) in [6.45, 7) is 4.23. The van der Waals surface area contributed by atoms with Gasteiger partial charge in [0, 0.05) is 35.4 Å². The van der Waals surface area contributed by atoms with Crippen LogP contribution in [-0.4, -0.2) is 41.0 Å². The van der Waals surface area contributed by atoms with Crippen molar-refractivity contribution in [2.24, 2.45) is 0 Å². The fraction of sp³-hybridized carbons (Fsp3) is 0.280. The molecule has 4 rings (SSSR count). The number of hydrogen-bond acceptors (Lipinski definition) is 5. The molecule has 0 aliphatic carbocycles. The van der Waals surface area contributed by atoms with Gasteiger partial charge in [0.2, 0.25) is 0 Å². The van der Waals surface area contributed by atoms with E-state index < -0.39 is 17.7 Å². The number of rotatable bonds is 7. The SMILES string of the molecule is CC1=Cc2ccccc2OC12Oc1c(cccc1N(CCC(=O)O)CCC(=O)O)C=C2C. The molecular formula is C25H25NO6. The number of carboxylic acid groups (broad SMARTS) is 2. The summed E-state index contributed by atoms with van der Waals surface area (Å²) in [7, 11) is 0. The Labute approximate surface area is 186 Å². The third-order valence-electron chi connectivity index (χ3n) is 5.76. The van der Waals surface area contributed by atoms with Crippen molar-refractivity contribution in [2.75, 3.05) is 18.0 Å². The molecule has 32 heavy (non-hydrogen) atoms. The number of aliphatic carboxylic acids is 2. The lowest BCUT2D eigenvalue weighted by Crippen LogP contribution is -2.48. The molecule has 2 aromatic carbocycles. The van der Waals surface area contributed by atoms with Gasteiger partial charge in [-0.15, -0.1) is 0 Å². The Bertz CT molecular complexity index is 1120. The second-order valence-corrected chi connectivity index (χ2v) is 7.98. The topological polar surface area (TPSA) is 96.3 Å². The first-order valence-corrected chi connectivity index (χ1v) is 10.5. The van der Waals surface area contributed by atoms with Crippen LogP contribution in [0, 0.1) is 0 Å². The standard InChI is InChI=1S/C25H25NO6/c1-16-14-18-6-3-4-9-21(18)31-25(16)17(2)15-19-7-5-8-20(24(19)32-25)26(12-10-22(27)28)13-11-23(29)30/h3-9,14-15H,10-13H2,1-2H3,(H,27,28)(H,29,30). The van der Waals surface area contributed by atoms with Crippen LogP contribution in [0.4, 0.5) is 5.69 Å². The number of fused-ring (bicyclic) bond motifs is 2. The highest BCUT2D eigenvalue weighted by Crippen LogP contribution is 2.48. The van der Waals surface area contributed by atoms with Gasteiger partial charge in [0.25, 0.3) is 5.79 Å². The summed E-state index contributed by atoms with van der Waals surface area (Å²) in [5, 5.41) is 18.4. The zero-order chi connectivity index (χ0) is 22.9. The number of anilines is 1. The summed E-state index contributed by atoms with van der Waals surface area (Å²) >= 11 is 0.